The molecule has 4 rings (SSSR count). The summed E-state index contributed by atoms with van der Waals surface area (Å²) in [6, 6.07) is 5.45. The summed E-state index contributed by atoms with van der Waals surface area (Å²) in [5.41, 5.74) is 10.3. The second-order valence-corrected chi connectivity index (χ2v) is 8.67. The van der Waals surface area contributed by atoms with E-state index in [1.165, 1.54) is 11.1 Å². The van der Waals surface area contributed by atoms with Crippen LogP contribution >= 0.6 is 23.2 Å². The minimum Gasteiger partial charge on any atom is -0.378 e. The van der Waals surface area contributed by atoms with Gasteiger partial charge in [0.1, 0.15) is 0 Å². The van der Waals surface area contributed by atoms with Gasteiger partial charge in [-0.25, -0.2) is 10.1 Å². The van der Waals surface area contributed by atoms with Gasteiger partial charge in [-0.15, -0.1) is 5.10 Å². The van der Waals surface area contributed by atoms with Crippen LogP contribution in [0.4, 0.5) is 5.82 Å². The third-order valence-corrected chi connectivity index (χ3v) is 6.37. The highest BCUT2D eigenvalue weighted by molar-refractivity contribution is 6.42. The van der Waals surface area contributed by atoms with Crippen LogP contribution < -0.4 is 11.2 Å². The molecule has 1 fully saturated rings. The van der Waals surface area contributed by atoms with Crippen molar-refractivity contribution < 1.29 is 9.42 Å². The summed E-state index contributed by atoms with van der Waals surface area (Å²) < 4.78 is 6.10. The van der Waals surface area contributed by atoms with Gasteiger partial charge in [0, 0.05) is 12.6 Å². The van der Waals surface area contributed by atoms with Crippen LogP contribution in [0, 0.1) is 0 Å². The molecule has 174 valence electrons. The molecule has 1 atom stereocenters. The first-order valence-corrected chi connectivity index (χ1v) is 11.2. The van der Waals surface area contributed by atoms with E-state index in [4.69, 9.17) is 33.6 Å². The number of nitrogens with two attached hydrogens (primary N) is 1. The number of amides is 1. The molecule has 3 aromatic rings. The number of likely N-dealkylation sites (tertiary alicyclic amines) is 1. The number of anilines is 1. The quantitative estimate of drug-likeness (QED) is 0.395. The molecule has 2 aromatic heterocycles. The van der Waals surface area contributed by atoms with E-state index in [2.05, 4.69) is 43.0 Å². The monoisotopic (exact) mass is 491 g/mol. The third-order valence-electron chi connectivity index (χ3n) is 5.63. The van der Waals surface area contributed by atoms with Crippen LogP contribution in [-0.2, 0) is 6.54 Å². The number of nitrogens with zero attached hydrogens (tertiary/aromatic N) is 7. The molecule has 1 aliphatic heterocycles. The van der Waals surface area contributed by atoms with Crippen LogP contribution in [0.5, 0.6) is 0 Å². The highest BCUT2D eigenvalue weighted by Crippen LogP contribution is 2.24. The molecule has 0 unspecified atom stereocenters. The molecule has 1 saturated heterocycles. The number of nitrogens with one attached hydrogen (secondary N) is 1. The first kappa shape index (κ1) is 23.1. The Bertz CT molecular complexity index is 1190. The highest BCUT2D eigenvalue weighted by Gasteiger charge is 2.28. The fourth-order valence-electron chi connectivity index (χ4n) is 3.69. The van der Waals surface area contributed by atoms with Crippen LogP contribution in [0.25, 0.3) is 5.82 Å². The molecular formula is C20H23Cl2N9O2. The Morgan fingerprint density at radius 1 is 1.30 bits per heavy atom. The lowest BCUT2D eigenvalue weighted by Gasteiger charge is -2.33. The molecule has 0 aliphatic carbocycles. The fourth-order valence-corrected chi connectivity index (χ4v) is 3.98. The predicted octanol–water partition coefficient (Wildman–Crippen LogP) is 3.07. The number of halogens is 2. The lowest BCUT2D eigenvalue weighted by atomic mass is 10.0. The second kappa shape index (κ2) is 9.86. The number of nitrogen functional groups attached to an aromatic ring is 1. The Hall–Kier alpha value is -3.02. The number of hydrazone groups is 1. The van der Waals surface area contributed by atoms with Gasteiger partial charge in [-0.1, -0.05) is 40.9 Å². The van der Waals surface area contributed by atoms with Gasteiger partial charge in [-0.3, -0.25) is 9.69 Å². The molecule has 0 spiro atoms. The third kappa shape index (κ3) is 5.00. The van der Waals surface area contributed by atoms with E-state index in [-0.39, 0.29) is 17.3 Å². The second-order valence-electron chi connectivity index (χ2n) is 7.85. The topological polar surface area (TPSA) is 140 Å². The van der Waals surface area contributed by atoms with Crippen molar-refractivity contribution in [1.82, 2.24) is 35.6 Å². The van der Waals surface area contributed by atoms with E-state index in [0.29, 0.717) is 34.0 Å². The van der Waals surface area contributed by atoms with Crippen LogP contribution in [0.15, 0.2) is 27.9 Å². The zero-order valence-electron chi connectivity index (χ0n) is 18.1. The first-order valence-electron chi connectivity index (χ1n) is 10.4. The molecule has 3 N–H and O–H groups in total. The number of rotatable bonds is 6. The van der Waals surface area contributed by atoms with Crippen LogP contribution in [0.3, 0.4) is 0 Å². The smallest absolute Gasteiger partial charge is 0.293 e. The van der Waals surface area contributed by atoms with Crippen LogP contribution in [0.2, 0.25) is 10.0 Å². The SMILES string of the molecule is C/C(=N\NC(=O)c1nnn(-c2nonc2N)c1CN1CCCC[C@@H]1C)c1ccc(Cl)c(Cl)c1. The van der Waals surface area contributed by atoms with Gasteiger partial charge in [0.05, 0.1) is 21.5 Å². The lowest BCUT2D eigenvalue weighted by molar-refractivity contribution is 0.0944. The number of aromatic nitrogens is 5. The van der Waals surface area contributed by atoms with Gasteiger partial charge in [0.25, 0.3) is 5.91 Å². The van der Waals surface area contributed by atoms with Crippen molar-refractivity contribution >= 4 is 40.6 Å². The summed E-state index contributed by atoms with van der Waals surface area (Å²) in [6.07, 6.45) is 3.32. The van der Waals surface area contributed by atoms with Crippen molar-refractivity contribution in [3.63, 3.8) is 0 Å². The maximum absolute atomic E-state index is 13.0. The maximum atomic E-state index is 13.0. The van der Waals surface area contributed by atoms with Gasteiger partial charge in [0.2, 0.25) is 11.6 Å². The summed E-state index contributed by atoms with van der Waals surface area (Å²) in [5, 5.41) is 20.6. The van der Waals surface area contributed by atoms with Gasteiger partial charge >= 0.3 is 0 Å². The van der Waals surface area contributed by atoms with Crippen LogP contribution in [-0.4, -0.2) is 54.4 Å². The fraction of sp³-hybridized carbons (Fsp3) is 0.400. The zero-order chi connectivity index (χ0) is 23.5. The summed E-state index contributed by atoms with van der Waals surface area (Å²) in [5.74, 6) is -0.291. The summed E-state index contributed by atoms with van der Waals surface area (Å²) in [4.78, 5) is 15.3. The molecule has 13 heteroatoms. The van der Waals surface area contributed by atoms with E-state index >= 15 is 0 Å². The van der Waals surface area contributed by atoms with Gasteiger partial charge in [-0.05, 0) is 61.2 Å². The average molecular weight is 492 g/mol. The number of hydrogen-bond donors (Lipinski definition) is 2. The Balaban J connectivity index is 1.62. The predicted molar refractivity (Wildman–Crippen MR) is 123 cm³/mol. The van der Waals surface area contributed by atoms with Crippen molar-refractivity contribution in [3.05, 3.63) is 45.2 Å². The average Bonchev–Trinajstić information content (AvgIpc) is 3.41. The number of piperidine rings is 1. The van der Waals surface area contributed by atoms with Crippen molar-refractivity contribution in [2.75, 3.05) is 12.3 Å². The van der Waals surface area contributed by atoms with Crippen LogP contribution in [0.1, 0.15) is 54.9 Å². The largest absolute Gasteiger partial charge is 0.378 e. The molecule has 11 nitrogen and oxygen atoms in total. The molecular weight excluding hydrogens is 469 g/mol. The van der Waals surface area contributed by atoms with E-state index in [1.54, 1.807) is 25.1 Å². The first-order chi connectivity index (χ1) is 15.8. The highest BCUT2D eigenvalue weighted by atomic mass is 35.5. The maximum Gasteiger partial charge on any atom is 0.293 e. The van der Waals surface area contributed by atoms with E-state index in [1.807, 2.05) is 0 Å². The minimum absolute atomic E-state index is 0.0493. The molecule has 0 radical (unpaired) electrons. The summed E-state index contributed by atoms with van der Waals surface area (Å²) >= 11 is 12.0. The molecule has 1 aliphatic rings. The standard InChI is InChI=1S/C20H23Cl2N9O2/c1-11-5-3-4-8-30(11)10-16-17(25-29-31(16)19-18(23)27-33-28-19)20(32)26-24-12(2)13-6-7-14(21)15(22)9-13/h6-7,9,11H,3-5,8,10H2,1-2H3,(H2,23,27)(H,26,32)/b24-12+/t11-/m0/s1. The molecule has 1 amide bonds. The zero-order valence-corrected chi connectivity index (χ0v) is 19.6. The van der Waals surface area contributed by atoms with Crippen molar-refractivity contribution in [2.24, 2.45) is 5.10 Å². The van der Waals surface area contributed by atoms with Gasteiger partial charge in [0.15, 0.2) is 5.69 Å². The summed E-state index contributed by atoms with van der Waals surface area (Å²) in [6.45, 7) is 5.23. The molecule has 0 bridgehead atoms. The lowest BCUT2D eigenvalue weighted by Crippen LogP contribution is -2.38. The van der Waals surface area contributed by atoms with Crippen molar-refractivity contribution in [1.29, 1.82) is 0 Å². The van der Waals surface area contributed by atoms with Crippen molar-refractivity contribution in [2.45, 2.75) is 45.7 Å². The molecule has 3 heterocycles. The van der Waals surface area contributed by atoms with Gasteiger partial charge < -0.3 is 5.73 Å². The normalized spacial score (nSPS) is 17.3. The summed E-state index contributed by atoms with van der Waals surface area (Å²) in [7, 11) is 0. The minimum atomic E-state index is -0.518. The Kier molecular flexibility index (Phi) is 6.91. The number of hydrogen-bond acceptors (Lipinski definition) is 9. The Morgan fingerprint density at radius 3 is 2.82 bits per heavy atom. The van der Waals surface area contributed by atoms with E-state index in [9.17, 15) is 4.79 Å². The number of carbonyl (C=O) groups is 1. The van der Waals surface area contributed by atoms with Crippen molar-refractivity contribution in [3.8, 4) is 5.82 Å². The Morgan fingerprint density at radius 2 is 2.12 bits per heavy atom. The van der Waals surface area contributed by atoms with E-state index < -0.39 is 5.91 Å². The Labute approximate surface area is 199 Å². The molecule has 0 saturated carbocycles. The van der Waals surface area contributed by atoms with Gasteiger partial charge in [-0.2, -0.15) is 9.78 Å². The number of benzene rings is 1. The molecule has 1 aromatic carbocycles. The number of carbonyl (C=O) groups excluding carboxylic acids is 1. The molecule has 33 heavy (non-hydrogen) atoms. The van der Waals surface area contributed by atoms with E-state index in [0.717, 1.165) is 24.9 Å².